The quantitative estimate of drug-likeness (QED) is 0.541. The highest BCUT2D eigenvalue weighted by atomic mass is 32.1. The summed E-state index contributed by atoms with van der Waals surface area (Å²) >= 11 is 1.65. The molecule has 2 aliphatic heterocycles. The van der Waals surface area contributed by atoms with Gasteiger partial charge in [0.25, 0.3) is 0 Å². The summed E-state index contributed by atoms with van der Waals surface area (Å²) in [4.78, 5) is 36.1. The topological polar surface area (TPSA) is 82.5 Å². The second kappa shape index (κ2) is 9.85. The molecule has 0 saturated carbocycles. The molecule has 3 atom stereocenters. The smallest absolute Gasteiger partial charge is 0.239 e. The second-order valence-corrected chi connectivity index (χ2v) is 10.3. The zero-order chi connectivity index (χ0) is 23.7. The molecule has 2 N–H and O–H groups in total. The van der Waals surface area contributed by atoms with Gasteiger partial charge in [0, 0.05) is 43.5 Å². The molecule has 2 aliphatic rings. The minimum absolute atomic E-state index is 0.0591. The van der Waals surface area contributed by atoms with Crippen LogP contribution in [0.4, 0.5) is 0 Å². The Kier molecular flexibility index (Phi) is 6.67. The number of hydrogen-bond acceptors (Lipinski definition) is 6. The molecule has 0 unspecified atom stereocenters. The van der Waals surface area contributed by atoms with E-state index in [1.54, 1.807) is 11.3 Å². The molecule has 0 spiro atoms. The van der Waals surface area contributed by atoms with Crippen LogP contribution in [0.5, 0.6) is 0 Å². The fourth-order valence-corrected chi connectivity index (χ4v) is 5.97. The number of amides is 2. The molecule has 1 aromatic carbocycles. The Morgan fingerprint density at radius 3 is 2.88 bits per heavy atom. The summed E-state index contributed by atoms with van der Waals surface area (Å²) in [5.74, 6) is 1.11. The normalized spacial score (nSPS) is 23.6. The van der Waals surface area contributed by atoms with Crippen LogP contribution in [-0.2, 0) is 29.7 Å². The highest BCUT2D eigenvalue weighted by Gasteiger charge is 2.45. The molecular weight excluding hydrogens is 448 g/mol. The van der Waals surface area contributed by atoms with Crippen molar-refractivity contribution in [3.05, 3.63) is 52.5 Å². The van der Waals surface area contributed by atoms with Crippen LogP contribution in [0.25, 0.3) is 11.0 Å². The highest BCUT2D eigenvalue weighted by Crippen LogP contribution is 2.29. The number of aryl methyl sites for hydroxylation is 1. The van der Waals surface area contributed by atoms with E-state index in [1.165, 1.54) is 0 Å². The summed E-state index contributed by atoms with van der Waals surface area (Å²) < 4.78 is 2.12. The first-order valence-corrected chi connectivity index (χ1v) is 12.8. The van der Waals surface area contributed by atoms with Gasteiger partial charge < -0.3 is 15.2 Å². The highest BCUT2D eigenvalue weighted by molar-refractivity contribution is 7.09. The maximum Gasteiger partial charge on any atom is 0.239 e. The first-order valence-electron chi connectivity index (χ1n) is 11.9. The number of likely N-dealkylation sites (N-methyl/N-ethyl adjacent to an activating group) is 1. The lowest BCUT2D eigenvalue weighted by atomic mass is 10.0. The second-order valence-electron chi connectivity index (χ2n) is 9.31. The van der Waals surface area contributed by atoms with Crippen LogP contribution < -0.4 is 10.6 Å². The number of carbonyl (C=O) groups is 2. The van der Waals surface area contributed by atoms with Gasteiger partial charge in [-0.25, -0.2) is 4.98 Å². The van der Waals surface area contributed by atoms with Crippen molar-refractivity contribution in [3.63, 3.8) is 0 Å². The van der Waals surface area contributed by atoms with Crippen molar-refractivity contribution in [1.29, 1.82) is 0 Å². The SMILES string of the molecule is CN1[C@@H](CCC(=O)NCc2cccs2)CNC(=O)[C@@H]2[C@@H]1CCN2Cc1nc2ccccc2n1C. The van der Waals surface area contributed by atoms with Gasteiger partial charge in [-0.05, 0) is 43.5 Å². The number of fused-ring (bicyclic) bond motifs is 2. The predicted molar refractivity (Wildman–Crippen MR) is 133 cm³/mol. The first kappa shape index (κ1) is 23.0. The van der Waals surface area contributed by atoms with E-state index in [2.05, 4.69) is 38.1 Å². The number of thiophene rings is 1. The lowest BCUT2D eigenvalue weighted by molar-refractivity contribution is -0.126. The number of para-hydroxylation sites is 2. The van der Waals surface area contributed by atoms with Crippen LogP contribution in [-0.4, -0.2) is 69.4 Å². The first-order chi connectivity index (χ1) is 16.5. The van der Waals surface area contributed by atoms with Gasteiger partial charge in [-0.1, -0.05) is 18.2 Å². The molecule has 2 aromatic heterocycles. The van der Waals surface area contributed by atoms with E-state index in [4.69, 9.17) is 4.98 Å². The van der Waals surface area contributed by atoms with Crippen molar-refractivity contribution >= 4 is 34.2 Å². The third-order valence-electron chi connectivity index (χ3n) is 7.32. The number of likely N-dealkylation sites (tertiary alicyclic amines) is 1. The van der Waals surface area contributed by atoms with Crippen LogP contribution in [0.3, 0.4) is 0 Å². The number of rotatable bonds is 7. The van der Waals surface area contributed by atoms with Gasteiger partial charge in [-0.15, -0.1) is 11.3 Å². The average Bonchev–Trinajstić information content (AvgIpc) is 3.56. The molecule has 0 radical (unpaired) electrons. The summed E-state index contributed by atoms with van der Waals surface area (Å²) in [6, 6.07) is 12.2. The zero-order valence-corrected chi connectivity index (χ0v) is 20.6. The number of imidazole rings is 1. The lowest BCUT2D eigenvalue weighted by Crippen LogP contribution is -2.49. The van der Waals surface area contributed by atoms with E-state index in [1.807, 2.05) is 42.8 Å². The van der Waals surface area contributed by atoms with Crippen LogP contribution in [0.2, 0.25) is 0 Å². The zero-order valence-electron chi connectivity index (χ0n) is 19.7. The molecular formula is C25H32N6O2S. The molecule has 3 aromatic rings. The van der Waals surface area contributed by atoms with Gasteiger partial charge in [0.15, 0.2) is 0 Å². The lowest BCUT2D eigenvalue weighted by Gasteiger charge is -2.33. The van der Waals surface area contributed by atoms with Gasteiger partial charge in [0.2, 0.25) is 11.8 Å². The standard InChI is InChI=1S/C25H32N6O2S/c1-29-17(9-10-23(32)26-15-18-6-5-13-34-18)14-27-25(33)24-21(29)11-12-31(24)16-22-28-19-7-3-4-8-20(19)30(22)2/h3-8,13,17,21,24H,9-12,14-16H2,1-2H3,(H,26,32)(H,27,33)/t17-,21-,24-/m0/s1. The maximum absolute atomic E-state index is 13.1. The summed E-state index contributed by atoms with van der Waals surface area (Å²) in [5, 5.41) is 8.18. The third kappa shape index (κ3) is 4.60. The molecule has 34 heavy (non-hydrogen) atoms. The molecule has 8 nitrogen and oxygen atoms in total. The predicted octanol–water partition coefficient (Wildman–Crippen LogP) is 2.10. The Hall–Kier alpha value is -2.75. The summed E-state index contributed by atoms with van der Waals surface area (Å²) in [7, 11) is 4.14. The van der Waals surface area contributed by atoms with Crippen LogP contribution in [0.1, 0.15) is 30.0 Å². The van der Waals surface area contributed by atoms with E-state index in [9.17, 15) is 9.59 Å². The number of nitrogens with zero attached hydrogens (tertiary/aromatic N) is 4. The Morgan fingerprint density at radius 1 is 1.24 bits per heavy atom. The molecule has 2 fully saturated rings. The van der Waals surface area contributed by atoms with E-state index in [0.717, 1.165) is 41.1 Å². The molecule has 9 heteroatoms. The molecule has 2 amide bonds. The molecule has 2 saturated heterocycles. The Labute approximate surface area is 203 Å². The number of benzene rings is 1. The van der Waals surface area contributed by atoms with E-state index >= 15 is 0 Å². The molecule has 5 rings (SSSR count). The van der Waals surface area contributed by atoms with Gasteiger partial charge in [0.05, 0.1) is 24.1 Å². The monoisotopic (exact) mass is 480 g/mol. The van der Waals surface area contributed by atoms with Crippen molar-refractivity contribution in [3.8, 4) is 0 Å². The Morgan fingerprint density at radius 2 is 2.09 bits per heavy atom. The van der Waals surface area contributed by atoms with Crippen LogP contribution in [0, 0.1) is 0 Å². The fourth-order valence-electron chi connectivity index (χ4n) is 5.33. The van der Waals surface area contributed by atoms with Gasteiger partial charge in [0.1, 0.15) is 11.9 Å². The van der Waals surface area contributed by atoms with E-state index < -0.39 is 0 Å². The number of hydrogen-bond donors (Lipinski definition) is 2. The largest absolute Gasteiger partial charge is 0.353 e. The van der Waals surface area contributed by atoms with Crippen molar-refractivity contribution < 1.29 is 9.59 Å². The minimum atomic E-state index is -0.206. The van der Waals surface area contributed by atoms with E-state index in [-0.39, 0.29) is 29.9 Å². The summed E-state index contributed by atoms with van der Waals surface area (Å²) in [6.07, 6.45) is 2.11. The Bertz CT molecular complexity index is 1160. The third-order valence-corrected chi connectivity index (χ3v) is 8.19. The van der Waals surface area contributed by atoms with Gasteiger partial charge in [-0.2, -0.15) is 0 Å². The van der Waals surface area contributed by atoms with Crippen molar-refractivity contribution in [2.45, 2.75) is 50.5 Å². The van der Waals surface area contributed by atoms with Gasteiger partial charge in [-0.3, -0.25) is 19.4 Å². The number of nitrogens with one attached hydrogen (secondary N) is 2. The Balaban J connectivity index is 1.22. The van der Waals surface area contributed by atoms with Gasteiger partial charge >= 0.3 is 0 Å². The van der Waals surface area contributed by atoms with Crippen molar-refractivity contribution in [2.75, 3.05) is 20.1 Å². The van der Waals surface area contributed by atoms with Crippen molar-refractivity contribution in [2.24, 2.45) is 7.05 Å². The fraction of sp³-hybridized carbons (Fsp3) is 0.480. The van der Waals surface area contributed by atoms with Crippen LogP contribution >= 0.6 is 11.3 Å². The minimum Gasteiger partial charge on any atom is -0.353 e. The van der Waals surface area contributed by atoms with Crippen molar-refractivity contribution in [1.82, 2.24) is 30.0 Å². The summed E-state index contributed by atoms with van der Waals surface area (Å²) in [6.45, 7) is 2.64. The summed E-state index contributed by atoms with van der Waals surface area (Å²) in [5.41, 5.74) is 2.09. The van der Waals surface area contributed by atoms with E-state index in [0.29, 0.717) is 26.1 Å². The number of carbonyl (C=O) groups excluding carboxylic acids is 2. The molecule has 180 valence electrons. The molecule has 4 heterocycles. The average molecular weight is 481 g/mol. The number of aromatic nitrogens is 2. The van der Waals surface area contributed by atoms with Crippen LogP contribution in [0.15, 0.2) is 41.8 Å². The maximum atomic E-state index is 13.1. The molecule has 0 aliphatic carbocycles. The molecule has 0 bridgehead atoms.